The molecule has 0 amide bonds. The highest BCUT2D eigenvalue weighted by Crippen LogP contribution is 2.18. The largest absolute Gasteiger partial charge is 0.370 e. The molecule has 1 aliphatic heterocycles. The van der Waals surface area contributed by atoms with Gasteiger partial charge in [0.1, 0.15) is 5.82 Å². The van der Waals surface area contributed by atoms with Crippen LogP contribution in [0.2, 0.25) is 0 Å². The quantitative estimate of drug-likeness (QED) is 0.587. The Kier molecular flexibility index (Phi) is 6.02. The van der Waals surface area contributed by atoms with E-state index in [0.717, 1.165) is 54.1 Å². The summed E-state index contributed by atoms with van der Waals surface area (Å²) in [5, 5.41) is 4.15. The number of nitrogens with zero attached hydrogens (tertiary/aromatic N) is 4. The van der Waals surface area contributed by atoms with Crippen LogP contribution < -0.4 is 4.90 Å². The maximum atomic E-state index is 13.1. The van der Waals surface area contributed by atoms with E-state index in [1.807, 2.05) is 36.4 Å². The van der Waals surface area contributed by atoms with E-state index in [4.69, 9.17) is 4.52 Å². The molecule has 28 heavy (non-hydrogen) atoms. The van der Waals surface area contributed by atoms with Crippen molar-refractivity contribution in [1.29, 1.82) is 0 Å². The minimum absolute atomic E-state index is 0.198. The molecule has 2 heterocycles. The van der Waals surface area contributed by atoms with Gasteiger partial charge in [-0.05, 0) is 48.4 Å². The summed E-state index contributed by atoms with van der Waals surface area (Å²) in [4.78, 5) is 9.20. The molecule has 146 valence electrons. The molecule has 0 spiro atoms. The number of hydrogen-bond donors (Lipinski definition) is 0. The van der Waals surface area contributed by atoms with Gasteiger partial charge in [0.25, 0.3) is 0 Å². The van der Waals surface area contributed by atoms with Crippen LogP contribution in [0, 0.1) is 5.82 Å². The van der Waals surface area contributed by atoms with Crippen LogP contribution in [0.25, 0.3) is 0 Å². The van der Waals surface area contributed by atoms with E-state index in [0.29, 0.717) is 18.9 Å². The van der Waals surface area contributed by atoms with E-state index >= 15 is 0 Å². The molecule has 0 saturated carbocycles. The predicted molar refractivity (Wildman–Crippen MR) is 110 cm³/mol. The summed E-state index contributed by atoms with van der Waals surface area (Å²) in [5.41, 5.74) is 2.21. The standard InChI is InChI=1S/C21H22BrFN4O/c22-17-4-2-16(3-5-17)14-21-24-20(25-28-21)15-26-10-1-11-27(13-12-26)19-8-6-18(23)7-9-19/h2-9H,1,10-15H2. The van der Waals surface area contributed by atoms with Crippen molar-refractivity contribution >= 4 is 21.6 Å². The van der Waals surface area contributed by atoms with Crippen LogP contribution >= 0.6 is 15.9 Å². The van der Waals surface area contributed by atoms with E-state index in [1.165, 1.54) is 12.1 Å². The summed E-state index contributed by atoms with van der Waals surface area (Å²) >= 11 is 3.44. The van der Waals surface area contributed by atoms with Crippen LogP contribution in [0.3, 0.4) is 0 Å². The van der Waals surface area contributed by atoms with Crippen molar-refractivity contribution in [2.75, 3.05) is 31.1 Å². The summed E-state index contributed by atoms with van der Waals surface area (Å²) in [6.45, 7) is 4.43. The van der Waals surface area contributed by atoms with Crippen LogP contribution in [-0.2, 0) is 13.0 Å². The number of rotatable bonds is 5. The average Bonchev–Trinajstić information content (AvgIpc) is 3.00. The zero-order chi connectivity index (χ0) is 19.3. The monoisotopic (exact) mass is 444 g/mol. The van der Waals surface area contributed by atoms with Crippen molar-refractivity contribution in [2.45, 2.75) is 19.4 Å². The van der Waals surface area contributed by atoms with Crippen LogP contribution in [0.4, 0.5) is 10.1 Å². The number of benzene rings is 2. The summed E-state index contributed by atoms with van der Waals surface area (Å²) in [6.07, 6.45) is 1.68. The lowest BCUT2D eigenvalue weighted by molar-refractivity contribution is 0.271. The van der Waals surface area contributed by atoms with Gasteiger partial charge in [-0.15, -0.1) is 0 Å². The molecule has 0 N–H and O–H groups in total. The Bertz CT molecular complexity index is 898. The molecule has 0 radical (unpaired) electrons. The summed E-state index contributed by atoms with van der Waals surface area (Å²) < 4.78 is 19.6. The van der Waals surface area contributed by atoms with E-state index in [-0.39, 0.29) is 5.82 Å². The van der Waals surface area contributed by atoms with Crippen LogP contribution in [0.5, 0.6) is 0 Å². The van der Waals surface area contributed by atoms with Gasteiger partial charge in [-0.25, -0.2) is 4.39 Å². The summed E-state index contributed by atoms with van der Waals surface area (Å²) in [5.74, 6) is 1.17. The Hall–Kier alpha value is -2.25. The molecule has 5 nitrogen and oxygen atoms in total. The lowest BCUT2D eigenvalue weighted by atomic mass is 10.1. The van der Waals surface area contributed by atoms with Gasteiger partial charge in [-0.3, -0.25) is 4.90 Å². The molecule has 0 atom stereocenters. The van der Waals surface area contributed by atoms with Crippen molar-refractivity contribution in [2.24, 2.45) is 0 Å². The second-order valence-electron chi connectivity index (χ2n) is 7.00. The molecule has 1 aromatic heterocycles. The van der Waals surface area contributed by atoms with Gasteiger partial charge >= 0.3 is 0 Å². The maximum absolute atomic E-state index is 13.1. The molecule has 4 rings (SSSR count). The first-order chi connectivity index (χ1) is 13.7. The molecule has 0 aliphatic carbocycles. The first-order valence-electron chi connectivity index (χ1n) is 9.44. The maximum Gasteiger partial charge on any atom is 0.231 e. The smallest absolute Gasteiger partial charge is 0.231 e. The Balaban J connectivity index is 1.33. The number of aromatic nitrogens is 2. The lowest BCUT2D eigenvalue weighted by Crippen LogP contribution is -2.30. The molecule has 0 bridgehead atoms. The second-order valence-corrected chi connectivity index (χ2v) is 7.92. The zero-order valence-corrected chi connectivity index (χ0v) is 17.1. The van der Waals surface area contributed by atoms with Crippen molar-refractivity contribution in [3.63, 3.8) is 0 Å². The molecule has 2 aromatic carbocycles. The first-order valence-corrected chi connectivity index (χ1v) is 10.2. The minimum atomic E-state index is -0.198. The number of hydrogen-bond acceptors (Lipinski definition) is 5. The fourth-order valence-electron chi connectivity index (χ4n) is 3.44. The number of halogens is 2. The van der Waals surface area contributed by atoms with Gasteiger partial charge in [-0.2, -0.15) is 4.98 Å². The molecule has 3 aromatic rings. The third-order valence-electron chi connectivity index (χ3n) is 4.92. The second kappa shape index (κ2) is 8.84. The Morgan fingerprint density at radius 3 is 2.54 bits per heavy atom. The van der Waals surface area contributed by atoms with Crippen molar-refractivity contribution in [1.82, 2.24) is 15.0 Å². The van der Waals surface area contributed by atoms with Gasteiger partial charge in [0.2, 0.25) is 5.89 Å². The topological polar surface area (TPSA) is 45.4 Å². The third kappa shape index (κ3) is 4.97. The van der Waals surface area contributed by atoms with Gasteiger partial charge in [0, 0.05) is 36.3 Å². The van der Waals surface area contributed by atoms with Crippen LogP contribution in [0.15, 0.2) is 57.5 Å². The molecular weight excluding hydrogens is 423 g/mol. The molecule has 0 unspecified atom stereocenters. The SMILES string of the molecule is Fc1ccc(N2CCCN(Cc3noc(Cc4ccc(Br)cc4)n3)CC2)cc1. The lowest BCUT2D eigenvalue weighted by Gasteiger charge is -2.23. The Labute approximate surface area is 172 Å². The zero-order valence-electron chi connectivity index (χ0n) is 15.5. The predicted octanol–water partition coefficient (Wildman–Crippen LogP) is 4.27. The first kappa shape index (κ1) is 19.1. The van der Waals surface area contributed by atoms with E-state index in [9.17, 15) is 4.39 Å². The fraction of sp³-hybridized carbons (Fsp3) is 0.333. The van der Waals surface area contributed by atoms with Crippen molar-refractivity contribution in [3.8, 4) is 0 Å². The number of anilines is 1. The minimum Gasteiger partial charge on any atom is -0.370 e. The van der Waals surface area contributed by atoms with Gasteiger partial charge < -0.3 is 9.42 Å². The van der Waals surface area contributed by atoms with E-state index in [1.54, 1.807) is 0 Å². The van der Waals surface area contributed by atoms with Crippen molar-refractivity contribution in [3.05, 3.63) is 76.1 Å². The average molecular weight is 445 g/mol. The van der Waals surface area contributed by atoms with Gasteiger partial charge in [-0.1, -0.05) is 33.2 Å². The molecule has 1 aliphatic rings. The summed E-state index contributed by atoms with van der Waals surface area (Å²) in [7, 11) is 0. The Morgan fingerprint density at radius 2 is 1.75 bits per heavy atom. The summed E-state index contributed by atoms with van der Waals surface area (Å²) in [6, 6.07) is 14.8. The highest BCUT2D eigenvalue weighted by atomic mass is 79.9. The van der Waals surface area contributed by atoms with Crippen LogP contribution in [0.1, 0.15) is 23.7 Å². The highest BCUT2D eigenvalue weighted by Gasteiger charge is 2.17. The van der Waals surface area contributed by atoms with E-state index < -0.39 is 0 Å². The van der Waals surface area contributed by atoms with Crippen LogP contribution in [-0.4, -0.2) is 41.2 Å². The molecule has 7 heteroatoms. The van der Waals surface area contributed by atoms with Crippen molar-refractivity contribution < 1.29 is 8.91 Å². The highest BCUT2D eigenvalue weighted by molar-refractivity contribution is 9.10. The Morgan fingerprint density at radius 1 is 0.964 bits per heavy atom. The molecular formula is C21H22BrFN4O. The third-order valence-corrected chi connectivity index (χ3v) is 5.45. The molecule has 1 saturated heterocycles. The van der Waals surface area contributed by atoms with Gasteiger partial charge in [0.05, 0.1) is 13.0 Å². The van der Waals surface area contributed by atoms with Gasteiger partial charge in [0.15, 0.2) is 5.82 Å². The van der Waals surface area contributed by atoms with E-state index in [2.05, 4.69) is 35.9 Å². The normalized spacial score (nSPS) is 15.6. The fourth-order valence-corrected chi connectivity index (χ4v) is 3.71. The molecule has 1 fully saturated rings.